The van der Waals surface area contributed by atoms with Crippen LogP contribution >= 0.6 is 0 Å². The number of carbonyl (C=O) groups is 1. The van der Waals surface area contributed by atoms with E-state index in [0.717, 1.165) is 41.1 Å². The van der Waals surface area contributed by atoms with E-state index in [2.05, 4.69) is 16.7 Å². The maximum Gasteiger partial charge on any atom is 0.257 e. The third-order valence-electron chi connectivity index (χ3n) is 5.63. The second kappa shape index (κ2) is 8.11. The second-order valence-corrected chi connectivity index (χ2v) is 8.22. The summed E-state index contributed by atoms with van der Waals surface area (Å²) in [5.74, 6) is 2.13. The summed E-state index contributed by atoms with van der Waals surface area (Å²) in [6.45, 7) is 9.21. The molecule has 3 aromatic rings. The Kier molecular flexibility index (Phi) is 5.13. The Morgan fingerprint density at radius 3 is 2.81 bits per heavy atom. The molecule has 1 amide bonds. The van der Waals surface area contributed by atoms with Gasteiger partial charge >= 0.3 is 0 Å². The summed E-state index contributed by atoms with van der Waals surface area (Å²) < 4.78 is 12.6. The van der Waals surface area contributed by atoms with Crippen LogP contribution in [0.3, 0.4) is 0 Å². The lowest BCUT2D eigenvalue weighted by molar-refractivity contribution is 0.0777. The van der Waals surface area contributed by atoms with E-state index >= 15 is 0 Å². The highest BCUT2D eigenvalue weighted by molar-refractivity contribution is 5.95. The number of fused-ring (bicyclic) bond motifs is 1. The van der Waals surface area contributed by atoms with Crippen LogP contribution in [0.1, 0.15) is 48.7 Å². The van der Waals surface area contributed by atoms with Gasteiger partial charge in [-0.2, -0.15) is 5.10 Å². The molecule has 0 spiro atoms. The van der Waals surface area contributed by atoms with E-state index in [1.165, 1.54) is 0 Å². The lowest BCUT2D eigenvalue weighted by atomic mass is 10.1. The van der Waals surface area contributed by atoms with E-state index < -0.39 is 0 Å². The van der Waals surface area contributed by atoms with Gasteiger partial charge in [0.15, 0.2) is 11.5 Å². The van der Waals surface area contributed by atoms with Crippen LogP contribution in [-0.2, 0) is 0 Å². The first-order valence-electron chi connectivity index (χ1n) is 10.8. The minimum atomic E-state index is -0.0319. The van der Waals surface area contributed by atoms with Gasteiger partial charge in [-0.25, -0.2) is 14.6 Å². The van der Waals surface area contributed by atoms with E-state index in [1.807, 2.05) is 38.1 Å². The van der Waals surface area contributed by atoms with E-state index in [9.17, 15) is 4.79 Å². The number of aromatic nitrogens is 4. The van der Waals surface area contributed by atoms with Gasteiger partial charge in [0.2, 0.25) is 6.79 Å². The largest absolute Gasteiger partial charge is 0.454 e. The normalized spacial score (nSPS) is 14.4. The summed E-state index contributed by atoms with van der Waals surface area (Å²) in [5.41, 5.74) is 4.09. The number of rotatable bonds is 7. The molecule has 1 aliphatic heterocycles. The average Bonchev–Trinajstić information content (AvgIpc) is 3.36. The summed E-state index contributed by atoms with van der Waals surface area (Å²) in [6.07, 6.45) is 5.41. The van der Waals surface area contributed by atoms with Gasteiger partial charge in [-0.05, 0) is 51.0 Å². The molecular formula is C24H25N5O3. The Morgan fingerprint density at radius 1 is 1.25 bits per heavy atom. The van der Waals surface area contributed by atoms with Crippen LogP contribution in [-0.4, -0.2) is 50.4 Å². The molecule has 1 aromatic carbocycles. The molecule has 5 rings (SSSR count). The monoisotopic (exact) mass is 431 g/mol. The molecule has 0 bridgehead atoms. The molecule has 32 heavy (non-hydrogen) atoms. The van der Waals surface area contributed by atoms with Gasteiger partial charge < -0.3 is 14.4 Å². The van der Waals surface area contributed by atoms with Crippen molar-refractivity contribution >= 4 is 5.91 Å². The molecule has 8 nitrogen and oxygen atoms in total. The highest BCUT2D eigenvalue weighted by atomic mass is 16.7. The maximum absolute atomic E-state index is 13.3. The van der Waals surface area contributed by atoms with Crippen LogP contribution in [0.2, 0.25) is 0 Å². The number of hydrogen-bond acceptors (Lipinski definition) is 6. The predicted octanol–water partition coefficient (Wildman–Crippen LogP) is 3.97. The molecule has 1 saturated carbocycles. The average molecular weight is 431 g/mol. The Bertz CT molecular complexity index is 1200. The van der Waals surface area contributed by atoms with Crippen LogP contribution in [0.25, 0.3) is 17.2 Å². The zero-order valence-corrected chi connectivity index (χ0v) is 18.2. The number of amides is 1. The first-order valence-corrected chi connectivity index (χ1v) is 10.8. The van der Waals surface area contributed by atoms with Crippen molar-refractivity contribution in [2.45, 2.75) is 32.6 Å². The van der Waals surface area contributed by atoms with Crippen LogP contribution in [0.5, 0.6) is 11.5 Å². The molecule has 1 aliphatic carbocycles. The van der Waals surface area contributed by atoms with Crippen molar-refractivity contribution in [3.63, 3.8) is 0 Å². The van der Waals surface area contributed by atoms with Crippen LogP contribution < -0.4 is 9.47 Å². The van der Waals surface area contributed by atoms with Gasteiger partial charge in [-0.1, -0.05) is 12.2 Å². The Labute approximate surface area is 186 Å². The van der Waals surface area contributed by atoms with Crippen molar-refractivity contribution in [1.29, 1.82) is 0 Å². The van der Waals surface area contributed by atoms with Gasteiger partial charge in [0.05, 0.1) is 23.1 Å². The smallest absolute Gasteiger partial charge is 0.257 e. The van der Waals surface area contributed by atoms with Gasteiger partial charge in [0.25, 0.3) is 11.9 Å². The fourth-order valence-corrected chi connectivity index (χ4v) is 3.92. The highest BCUT2D eigenvalue weighted by Crippen LogP contribution is 2.42. The van der Waals surface area contributed by atoms with Gasteiger partial charge in [-0.15, -0.1) is 0 Å². The van der Waals surface area contributed by atoms with Crippen molar-refractivity contribution in [1.82, 2.24) is 24.6 Å². The fraction of sp³-hybridized carbons (Fsp3) is 0.333. The van der Waals surface area contributed by atoms with Crippen LogP contribution in [0, 0.1) is 0 Å². The molecule has 0 unspecified atom stereocenters. The zero-order valence-electron chi connectivity index (χ0n) is 18.2. The number of hydrogen-bond donors (Lipinski definition) is 0. The molecule has 2 aromatic heterocycles. The number of benzene rings is 1. The number of likely N-dealkylation sites (N-methyl/N-ethyl adjacent to an activating group) is 1. The van der Waals surface area contributed by atoms with Crippen molar-refractivity contribution in [3.8, 4) is 28.7 Å². The standard InChI is InChI=1S/C24H25N5O3/c1-4-28(13-15(2)3)23(30)18-12-26-29(22(18)16-5-6-16)24-25-10-9-19(27-24)17-7-8-20-21(11-17)32-14-31-20/h7-12,16H,2,4-6,13-14H2,1,3H3. The summed E-state index contributed by atoms with van der Waals surface area (Å²) in [6, 6.07) is 7.57. The Morgan fingerprint density at radius 2 is 2.06 bits per heavy atom. The number of ether oxygens (including phenoxy) is 2. The van der Waals surface area contributed by atoms with E-state index in [1.54, 1.807) is 22.0 Å². The first kappa shape index (κ1) is 20.2. The van der Waals surface area contributed by atoms with Crippen LogP contribution in [0.4, 0.5) is 0 Å². The van der Waals surface area contributed by atoms with Gasteiger partial charge in [-0.3, -0.25) is 4.79 Å². The molecular weight excluding hydrogens is 406 g/mol. The quantitative estimate of drug-likeness (QED) is 0.527. The minimum Gasteiger partial charge on any atom is -0.454 e. The summed E-state index contributed by atoms with van der Waals surface area (Å²) >= 11 is 0. The number of nitrogens with zero attached hydrogens (tertiary/aromatic N) is 5. The lowest BCUT2D eigenvalue weighted by Crippen LogP contribution is -2.32. The molecule has 2 aliphatic rings. The Hall–Kier alpha value is -3.68. The topological polar surface area (TPSA) is 82.4 Å². The Balaban J connectivity index is 1.51. The van der Waals surface area contributed by atoms with Gasteiger partial charge in [0.1, 0.15) is 0 Å². The predicted molar refractivity (Wildman–Crippen MR) is 119 cm³/mol. The molecule has 3 heterocycles. The fourth-order valence-electron chi connectivity index (χ4n) is 3.92. The SMILES string of the molecule is C=C(C)CN(CC)C(=O)c1cnn(-c2nccc(-c3ccc4c(c3)OCO4)n2)c1C1CC1. The van der Waals surface area contributed by atoms with E-state index in [0.29, 0.717) is 30.4 Å². The molecule has 0 radical (unpaired) electrons. The number of carbonyl (C=O) groups excluding carboxylic acids is 1. The van der Waals surface area contributed by atoms with E-state index in [4.69, 9.17) is 14.5 Å². The first-order chi connectivity index (χ1) is 15.5. The molecule has 0 atom stereocenters. The molecule has 8 heteroatoms. The summed E-state index contributed by atoms with van der Waals surface area (Å²) in [7, 11) is 0. The molecule has 0 N–H and O–H groups in total. The van der Waals surface area contributed by atoms with Crippen molar-refractivity contribution < 1.29 is 14.3 Å². The van der Waals surface area contributed by atoms with Crippen molar-refractivity contribution in [2.75, 3.05) is 19.9 Å². The zero-order chi connectivity index (χ0) is 22.2. The van der Waals surface area contributed by atoms with Crippen LogP contribution in [0.15, 0.2) is 48.8 Å². The minimum absolute atomic E-state index is 0.0319. The lowest BCUT2D eigenvalue weighted by Gasteiger charge is -2.21. The second-order valence-electron chi connectivity index (χ2n) is 8.22. The third-order valence-corrected chi connectivity index (χ3v) is 5.63. The summed E-state index contributed by atoms with van der Waals surface area (Å²) in [4.78, 5) is 24.3. The van der Waals surface area contributed by atoms with Crippen molar-refractivity contribution in [3.05, 3.63) is 60.1 Å². The maximum atomic E-state index is 13.3. The molecule has 164 valence electrons. The third kappa shape index (κ3) is 3.72. The van der Waals surface area contributed by atoms with E-state index in [-0.39, 0.29) is 18.6 Å². The van der Waals surface area contributed by atoms with Crippen molar-refractivity contribution in [2.24, 2.45) is 0 Å². The summed E-state index contributed by atoms with van der Waals surface area (Å²) in [5, 5.41) is 4.53. The van der Waals surface area contributed by atoms with Gasteiger partial charge in [0, 0.05) is 30.8 Å². The molecule has 1 fully saturated rings. The molecule has 0 saturated heterocycles. The highest BCUT2D eigenvalue weighted by Gasteiger charge is 2.34.